The Morgan fingerprint density at radius 2 is 1.77 bits per heavy atom. The molecule has 0 saturated carbocycles. The van der Waals surface area contributed by atoms with E-state index in [0.717, 1.165) is 34.8 Å². The molecule has 8 heteroatoms. The third-order valence-electron chi connectivity index (χ3n) is 4.95. The first-order chi connectivity index (χ1) is 14.9. The summed E-state index contributed by atoms with van der Waals surface area (Å²) in [6, 6.07) is 12.5. The van der Waals surface area contributed by atoms with Gasteiger partial charge in [0.2, 0.25) is 5.91 Å². The fourth-order valence-electron chi connectivity index (χ4n) is 3.25. The lowest BCUT2D eigenvalue weighted by atomic mass is 10.2. The number of nitrogens with zero attached hydrogens (tertiary/aromatic N) is 2. The maximum Gasteiger partial charge on any atom is 0.254 e. The molecule has 1 heterocycles. The predicted octanol–water partition coefficient (Wildman–Crippen LogP) is 3.59. The van der Waals surface area contributed by atoms with Gasteiger partial charge in [-0.05, 0) is 44.5 Å². The van der Waals surface area contributed by atoms with Gasteiger partial charge in [0.25, 0.3) is 5.91 Å². The van der Waals surface area contributed by atoms with Gasteiger partial charge in [-0.2, -0.15) is 5.10 Å². The molecule has 31 heavy (non-hydrogen) atoms. The Bertz CT molecular complexity index is 1080. The predicted molar refractivity (Wildman–Crippen MR) is 113 cm³/mol. The summed E-state index contributed by atoms with van der Waals surface area (Å²) in [5, 5.41) is 9.97. The molecule has 0 aliphatic carbocycles. The molecule has 1 aromatic heterocycles. The topological polar surface area (TPSA) is 76.0 Å². The number of halogens is 2. The Morgan fingerprint density at radius 3 is 2.48 bits per heavy atom. The summed E-state index contributed by atoms with van der Waals surface area (Å²) in [6.45, 7) is 4.42. The molecule has 0 fully saturated rings. The number of carbonyl (C=O) groups is 2. The first-order valence-corrected chi connectivity index (χ1v) is 9.97. The molecular weight excluding hydrogens is 402 g/mol. The van der Waals surface area contributed by atoms with Gasteiger partial charge < -0.3 is 10.6 Å². The van der Waals surface area contributed by atoms with Crippen LogP contribution in [0.25, 0.3) is 5.69 Å². The Kier molecular flexibility index (Phi) is 7.12. The van der Waals surface area contributed by atoms with Crippen LogP contribution in [0, 0.1) is 25.5 Å². The highest BCUT2D eigenvalue weighted by Crippen LogP contribution is 2.17. The lowest BCUT2D eigenvalue weighted by Gasteiger charge is -2.08. The second-order valence-electron chi connectivity index (χ2n) is 7.16. The molecule has 0 atom stereocenters. The molecular formula is C23H24F2N4O2. The van der Waals surface area contributed by atoms with Gasteiger partial charge in [0, 0.05) is 36.8 Å². The van der Waals surface area contributed by atoms with Crippen molar-refractivity contribution in [3.8, 4) is 5.69 Å². The molecule has 0 radical (unpaired) electrons. The van der Waals surface area contributed by atoms with Crippen LogP contribution in [0.15, 0.2) is 48.5 Å². The van der Waals surface area contributed by atoms with Crippen molar-refractivity contribution in [2.45, 2.75) is 33.2 Å². The van der Waals surface area contributed by atoms with E-state index in [4.69, 9.17) is 0 Å². The second kappa shape index (κ2) is 9.97. The molecule has 2 amide bonds. The maximum absolute atomic E-state index is 13.6. The van der Waals surface area contributed by atoms with E-state index in [0.29, 0.717) is 19.0 Å². The lowest BCUT2D eigenvalue weighted by molar-refractivity contribution is -0.121. The summed E-state index contributed by atoms with van der Waals surface area (Å²) < 4.78 is 28.4. The minimum atomic E-state index is -0.919. The van der Waals surface area contributed by atoms with Gasteiger partial charge in [0.05, 0.1) is 16.9 Å². The lowest BCUT2D eigenvalue weighted by Crippen LogP contribution is -2.28. The molecule has 162 valence electrons. The molecule has 6 nitrogen and oxygen atoms in total. The van der Waals surface area contributed by atoms with E-state index in [9.17, 15) is 18.4 Å². The maximum atomic E-state index is 13.6. The molecule has 3 aromatic rings. The minimum absolute atomic E-state index is 0.159. The highest BCUT2D eigenvalue weighted by Gasteiger charge is 2.14. The van der Waals surface area contributed by atoms with Crippen LogP contribution < -0.4 is 10.6 Å². The van der Waals surface area contributed by atoms with Gasteiger partial charge in [0.1, 0.15) is 11.6 Å². The second-order valence-corrected chi connectivity index (χ2v) is 7.16. The van der Waals surface area contributed by atoms with Crippen molar-refractivity contribution in [1.82, 2.24) is 20.4 Å². The van der Waals surface area contributed by atoms with Gasteiger partial charge in [-0.25, -0.2) is 13.5 Å². The van der Waals surface area contributed by atoms with E-state index in [1.807, 2.05) is 48.9 Å². The minimum Gasteiger partial charge on any atom is -0.352 e. The zero-order valence-electron chi connectivity index (χ0n) is 17.4. The Labute approximate surface area is 179 Å². The molecule has 0 aliphatic heterocycles. The van der Waals surface area contributed by atoms with E-state index in [1.54, 1.807) is 0 Å². The zero-order chi connectivity index (χ0) is 22.4. The normalized spacial score (nSPS) is 10.7. The van der Waals surface area contributed by atoms with Crippen LogP contribution in [0.2, 0.25) is 0 Å². The molecule has 0 aliphatic rings. The largest absolute Gasteiger partial charge is 0.352 e. The molecule has 0 spiro atoms. The Balaban J connectivity index is 1.46. The van der Waals surface area contributed by atoms with Crippen molar-refractivity contribution in [3.63, 3.8) is 0 Å². The van der Waals surface area contributed by atoms with E-state index in [2.05, 4.69) is 15.7 Å². The smallest absolute Gasteiger partial charge is 0.254 e. The van der Waals surface area contributed by atoms with E-state index >= 15 is 0 Å². The molecule has 2 N–H and O–H groups in total. The quantitative estimate of drug-likeness (QED) is 0.541. The summed E-state index contributed by atoms with van der Waals surface area (Å²) in [5.74, 6) is -2.46. The fraction of sp³-hybridized carbons (Fsp3) is 0.261. The van der Waals surface area contributed by atoms with Crippen molar-refractivity contribution < 1.29 is 18.4 Å². The Hall–Kier alpha value is -3.55. The standard InChI is InChI=1S/C23H24F2N4O2/c1-15-20(16(2)29(28-15)18-7-4-3-5-8-18)14-27-22(30)9-6-12-26-23(31)19-11-10-17(24)13-21(19)25/h3-5,7-8,10-11,13H,6,9,12,14H2,1-2H3,(H,26,31)(H,27,30). The van der Waals surface area contributed by atoms with Crippen LogP contribution in [-0.4, -0.2) is 28.1 Å². The van der Waals surface area contributed by atoms with Gasteiger partial charge in [-0.15, -0.1) is 0 Å². The summed E-state index contributed by atoms with van der Waals surface area (Å²) in [6.07, 6.45) is 0.596. The van der Waals surface area contributed by atoms with E-state index in [1.165, 1.54) is 0 Å². The molecule has 0 bridgehead atoms. The summed E-state index contributed by atoms with van der Waals surface area (Å²) in [5.41, 5.74) is 3.48. The number of aromatic nitrogens is 2. The average molecular weight is 426 g/mol. The van der Waals surface area contributed by atoms with Crippen molar-refractivity contribution in [3.05, 3.63) is 82.7 Å². The SMILES string of the molecule is Cc1nn(-c2ccccc2)c(C)c1CNC(=O)CCCNC(=O)c1ccc(F)cc1F. The molecule has 0 unspecified atom stereocenters. The number of benzene rings is 2. The van der Waals surface area contributed by atoms with Crippen LogP contribution in [0.3, 0.4) is 0 Å². The Morgan fingerprint density at radius 1 is 1.03 bits per heavy atom. The molecule has 3 rings (SSSR count). The third kappa shape index (κ3) is 5.53. The van der Waals surface area contributed by atoms with E-state index < -0.39 is 17.5 Å². The summed E-state index contributed by atoms with van der Waals surface area (Å²) in [7, 11) is 0. The number of carbonyl (C=O) groups excluding carboxylic acids is 2. The van der Waals surface area contributed by atoms with Crippen LogP contribution in [0.4, 0.5) is 8.78 Å². The van der Waals surface area contributed by atoms with Gasteiger partial charge in [-0.1, -0.05) is 18.2 Å². The van der Waals surface area contributed by atoms with Crippen LogP contribution in [-0.2, 0) is 11.3 Å². The number of hydrogen-bond acceptors (Lipinski definition) is 3. The highest BCUT2D eigenvalue weighted by molar-refractivity contribution is 5.94. The number of rotatable bonds is 8. The fourth-order valence-corrected chi connectivity index (χ4v) is 3.25. The third-order valence-corrected chi connectivity index (χ3v) is 4.95. The monoisotopic (exact) mass is 426 g/mol. The number of nitrogens with one attached hydrogen (secondary N) is 2. The van der Waals surface area contributed by atoms with Crippen molar-refractivity contribution in [1.29, 1.82) is 0 Å². The van der Waals surface area contributed by atoms with Crippen LogP contribution in [0.1, 0.15) is 40.2 Å². The van der Waals surface area contributed by atoms with Crippen molar-refractivity contribution >= 4 is 11.8 Å². The zero-order valence-corrected chi connectivity index (χ0v) is 17.4. The molecule has 0 saturated heterocycles. The van der Waals surface area contributed by atoms with Crippen molar-refractivity contribution in [2.24, 2.45) is 0 Å². The first kappa shape index (κ1) is 22.1. The first-order valence-electron chi connectivity index (χ1n) is 9.97. The van der Waals surface area contributed by atoms with Crippen LogP contribution >= 0.6 is 0 Å². The van der Waals surface area contributed by atoms with Gasteiger partial charge >= 0.3 is 0 Å². The summed E-state index contributed by atoms with van der Waals surface area (Å²) in [4.78, 5) is 24.1. The van der Waals surface area contributed by atoms with Gasteiger partial charge in [0.15, 0.2) is 0 Å². The van der Waals surface area contributed by atoms with Crippen LogP contribution in [0.5, 0.6) is 0 Å². The van der Waals surface area contributed by atoms with Gasteiger partial charge in [-0.3, -0.25) is 9.59 Å². The number of para-hydroxylation sites is 1. The van der Waals surface area contributed by atoms with Crippen molar-refractivity contribution in [2.75, 3.05) is 6.54 Å². The summed E-state index contributed by atoms with van der Waals surface area (Å²) >= 11 is 0. The average Bonchev–Trinajstić information content (AvgIpc) is 3.03. The highest BCUT2D eigenvalue weighted by atomic mass is 19.1. The number of aryl methyl sites for hydroxylation is 1. The van der Waals surface area contributed by atoms with E-state index in [-0.39, 0.29) is 24.4 Å². The number of amides is 2. The number of hydrogen-bond donors (Lipinski definition) is 2. The molecule has 2 aromatic carbocycles.